The Morgan fingerprint density at radius 3 is 2.32 bits per heavy atom. The van der Waals surface area contributed by atoms with Gasteiger partial charge >= 0.3 is 0 Å². The number of hydrogen-bond donors (Lipinski definition) is 0. The normalized spacial score (nSPS) is 15.2. The number of rotatable bonds is 2. The quantitative estimate of drug-likeness (QED) is 0.667. The topological polar surface area (TPSA) is 16.1 Å². The molecule has 2 heteroatoms. The smallest absolute Gasteiger partial charge is 0.137 e. The van der Waals surface area contributed by atoms with Gasteiger partial charge < -0.3 is 4.90 Å². The largest absolute Gasteiger partial charge is 0.356 e. The van der Waals surface area contributed by atoms with Crippen molar-refractivity contribution in [3.05, 3.63) is 60.7 Å². The Hall–Kier alpha value is -2.35. The zero-order valence-electron chi connectivity index (χ0n) is 12.7. The lowest BCUT2D eigenvalue weighted by Gasteiger charge is -2.30. The fraction of sp³-hybridized carbons (Fsp3) is 0.250. The summed E-state index contributed by atoms with van der Waals surface area (Å²) in [5, 5.41) is 1.21. The van der Waals surface area contributed by atoms with E-state index in [0.29, 0.717) is 0 Å². The highest BCUT2D eigenvalue weighted by Crippen LogP contribution is 2.33. The Morgan fingerprint density at radius 1 is 0.773 bits per heavy atom. The second-order valence-electron chi connectivity index (χ2n) is 5.97. The summed E-state index contributed by atoms with van der Waals surface area (Å²) in [5.74, 6) is 1.14. The minimum atomic E-state index is 1.09. The van der Waals surface area contributed by atoms with Crippen LogP contribution in [0.4, 0.5) is 5.82 Å². The third-order valence-corrected chi connectivity index (χ3v) is 4.44. The summed E-state index contributed by atoms with van der Waals surface area (Å²) in [6.45, 7) is 2.23. The van der Waals surface area contributed by atoms with Crippen molar-refractivity contribution in [2.45, 2.75) is 19.3 Å². The predicted octanol–water partition coefficient (Wildman–Crippen LogP) is 4.89. The molecule has 0 unspecified atom stereocenters. The summed E-state index contributed by atoms with van der Waals surface area (Å²) in [5.41, 5.74) is 3.59. The molecule has 22 heavy (non-hydrogen) atoms. The number of benzene rings is 2. The second kappa shape index (κ2) is 5.80. The molecular weight excluding hydrogens is 268 g/mol. The molecule has 1 aromatic heterocycles. The third kappa shape index (κ3) is 2.45. The number of nitrogens with zero attached hydrogens (tertiary/aromatic N) is 2. The fourth-order valence-electron chi connectivity index (χ4n) is 3.28. The maximum absolute atomic E-state index is 5.00. The van der Waals surface area contributed by atoms with Crippen LogP contribution in [-0.4, -0.2) is 18.1 Å². The summed E-state index contributed by atoms with van der Waals surface area (Å²) in [6.07, 6.45) is 3.87. The van der Waals surface area contributed by atoms with Crippen LogP contribution >= 0.6 is 0 Å². The first-order valence-electron chi connectivity index (χ1n) is 8.12. The van der Waals surface area contributed by atoms with E-state index in [1.165, 1.54) is 35.8 Å². The number of para-hydroxylation sites is 1. The van der Waals surface area contributed by atoms with Gasteiger partial charge in [-0.3, -0.25) is 0 Å². The van der Waals surface area contributed by atoms with Crippen LogP contribution in [0.25, 0.3) is 22.0 Å². The van der Waals surface area contributed by atoms with Crippen molar-refractivity contribution in [2.75, 3.05) is 18.0 Å². The van der Waals surface area contributed by atoms with Gasteiger partial charge in [0.2, 0.25) is 0 Å². The van der Waals surface area contributed by atoms with Crippen LogP contribution in [-0.2, 0) is 0 Å². The minimum Gasteiger partial charge on any atom is -0.356 e. The van der Waals surface area contributed by atoms with E-state index in [2.05, 4.69) is 65.6 Å². The lowest BCUT2D eigenvalue weighted by molar-refractivity contribution is 0.574. The van der Waals surface area contributed by atoms with E-state index in [-0.39, 0.29) is 0 Å². The lowest BCUT2D eigenvalue weighted by atomic mass is 10.0. The van der Waals surface area contributed by atoms with Gasteiger partial charge in [-0.2, -0.15) is 0 Å². The van der Waals surface area contributed by atoms with Gasteiger partial charge in [0.1, 0.15) is 5.82 Å². The van der Waals surface area contributed by atoms with Gasteiger partial charge in [0.15, 0.2) is 0 Å². The zero-order chi connectivity index (χ0) is 14.8. The SMILES string of the molecule is c1ccc(-c2cc3ccccc3nc2N2CCCCC2)cc1. The number of hydrogen-bond acceptors (Lipinski definition) is 2. The molecule has 110 valence electrons. The van der Waals surface area contributed by atoms with Crippen LogP contribution < -0.4 is 4.90 Å². The van der Waals surface area contributed by atoms with Gasteiger partial charge in [-0.05, 0) is 37.0 Å². The molecule has 1 aliphatic rings. The molecule has 0 N–H and O–H groups in total. The molecule has 1 fully saturated rings. The highest BCUT2D eigenvalue weighted by atomic mass is 15.2. The molecule has 2 nitrogen and oxygen atoms in total. The summed E-state index contributed by atoms with van der Waals surface area (Å²) >= 11 is 0. The lowest BCUT2D eigenvalue weighted by Crippen LogP contribution is -2.30. The fourth-order valence-corrected chi connectivity index (χ4v) is 3.28. The summed E-state index contributed by atoms with van der Waals surface area (Å²) in [7, 11) is 0. The van der Waals surface area contributed by atoms with E-state index >= 15 is 0 Å². The van der Waals surface area contributed by atoms with Gasteiger partial charge in [0.05, 0.1) is 5.52 Å². The Bertz CT molecular complexity index is 774. The van der Waals surface area contributed by atoms with Gasteiger partial charge in [-0.25, -0.2) is 4.98 Å². The van der Waals surface area contributed by atoms with Gasteiger partial charge in [-0.1, -0.05) is 48.5 Å². The van der Waals surface area contributed by atoms with Crippen LogP contribution in [0.3, 0.4) is 0 Å². The first-order valence-corrected chi connectivity index (χ1v) is 8.12. The van der Waals surface area contributed by atoms with E-state index in [1.807, 2.05) is 0 Å². The molecule has 3 aromatic rings. The highest BCUT2D eigenvalue weighted by Gasteiger charge is 2.17. The number of aromatic nitrogens is 1. The average molecular weight is 288 g/mol. The number of fused-ring (bicyclic) bond motifs is 1. The molecule has 2 heterocycles. The molecule has 0 radical (unpaired) electrons. The van der Waals surface area contributed by atoms with Crippen molar-refractivity contribution < 1.29 is 0 Å². The van der Waals surface area contributed by atoms with E-state index in [0.717, 1.165) is 24.4 Å². The summed E-state index contributed by atoms with van der Waals surface area (Å²) in [4.78, 5) is 7.46. The predicted molar refractivity (Wildman–Crippen MR) is 93.2 cm³/mol. The zero-order valence-corrected chi connectivity index (χ0v) is 12.7. The molecule has 0 spiro atoms. The van der Waals surface area contributed by atoms with Crippen LogP contribution in [0.15, 0.2) is 60.7 Å². The molecule has 1 saturated heterocycles. The van der Waals surface area contributed by atoms with E-state index in [9.17, 15) is 0 Å². The molecule has 0 saturated carbocycles. The third-order valence-electron chi connectivity index (χ3n) is 4.44. The molecule has 0 amide bonds. The molecule has 4 rings (SSSR count). The van der Waals surface area contributed by atoms with E-state index in [1.54, 1.807) is 0 Å². The van der Waals surface area contributed by atoms with Crippen molar-refractivity contribution in [3.63, 3.8) is 0 Å². The van der Waals surface area contributed by atoms with Crippen molar-refractivity contribution in [2.24, 2.45) is 0 Å². The Morgan fingerprint density at radius 2 is 1.50 bits per heavy atom. The maximum atomic E-state index is 5.00. The van der Waals surface area contributed by atoms with Crippen molar-refractivity contribution in [3.8, 4) is 11.1 Å². The monoisotopic (exact) mass is 288 g/mol. The Kier molecular flexibility index (Phi) is 3.51. The van der Waals surface area contributed by atoms with Gasteiger partial charge in [0.25, 0.3) is 0 Å². The summed E-state index contributed by atoms with van der Waals surface area (Å²) < 4.78 is 0. The van der Waals surface area contributed by atoms with Crippen LogP contribution in [0.5, 0.6) is 0 Å². The average Bonchev–Trinajstić information content (AvgIpc) is 2.62. The van der Waals surface area contributed by atoms with Crippen molar-refractivity contribution >= 4 is 16.7 Å². The van der Waals surface area contributed by atoms with Crippen molar-refractivity contribution in [1.82, 2.24) is 4.98 Å². The van der Waals surface area contributed by atoms with Crippen molar-refractivity contribution in [1.29, 1.82) is 0 Å². The number of piperidine rings is 1. The molecule has 0 bridgehead atoms. The Labute approximate surface area is 131 Å². The van der Waals surface area contributed by atoms with Gasteiger partial charge in [-0.15, -0.1) is 0 Å². The van der Waals surface area contributed by atoms with Crippen LogP contribution in [0.1, 0.15) is 19.3 Å². The first kappa shape index (κ1) is 13.3. The van der Waals surface area contributed by atoms with Gasteiger partial charge in [0, 0.05) is 24.0 Å². The molecular formula is C20H20N2. The van der Waals surface area contributed by atoms with E-state index in [4.69, 9.17) is 4.98 Å². The van der Waals surface area contributed by atoms with E-state index < -0.39 is 0 Å². The molecule has 0 atom stereocenters. The molecule has 0 aliphatic carbocycles. The summed E-state index contributed by atoms with van der Waals surface area (Å²) in [6, 6.07) is 21.3. The van der Waals surface area contributed by atoms with Crippen LogP contribution in [0.2, 0.25) is 0 Å². The standard InChI is InChI=1S/C20H20N2/c1-3-9-16(10-4-1)18-15-17-11-5-6-12-19(17)21-20(18)22-13-7-2-8-14-22/h1,3-6,9-12,15H,2,7-8,13-14H2. The van der Waals surface area contributed by atoms with Crippen LogP contribution in [0, 0.1) is 0 Å². The molecule has 1 aliphatic heterocycles. The maximum Gasteiger partial charge on any atom is 0.137 e. The molecule has 2 aromatic carbocycles. The number of pyridine rings is 1. The Balaban J connectivity index is 1.91. The first-order chi connectivity index (χ1) is 10.9. The second-order valence-corrected chi connectivity index (χ2v) is 5.97. The minimum absolute atomic E-state index is 1.09. The highest BCUT2D eigenvalue weighted by molar-refractivity contribution is 5.89. The number of anilines is 1.